The SMILES string of the molecule is CC(C)(C)C(=O)N1CCN(C2c3ccc(Cl)cc3CCc3cccnc32)[C@@H](C(=O)NCCCn2ccnc2)C1. The quantitative estimate of drug-likeness (QED) is 0.473. The minimum Gasteiger partial charge on any atom is -0.355 e. The summed E-state index contributed by atoms with van der Waals surface area (Å²) in [5, 5.41) is 3.87. The van der Waals surface area contributed by atoms with Crippen molar-refractivity contribution in [1.29, 1.82) is 0 Å². The molecule has 39 heavy (non-hydrogen) atoms. The number of halogens is 1. The summed E-state index contributed by atoms with van der Waals surface area (Å²) >= 11 is 6.42. The Morgan fingerprint density at radius 1 is 1.10 bits per heavy atom. The topological polar surface area (TPSA) is 83.4 Å². The van der Waals surface area contributed by atoms with Gasteiger partial charge in [-0.05, 0) is 54.2 Å². The number of carbonyl (C=O) groups is 2. The molecule has 1 aliphatic carbocycles. The molecule has 1 unspecified atom stereocenters. The summed E-state index contributed by atoms with van der Waals surface area (Å²) in [4.78, 5) is 40.2. The van der Waals surface area contributed by atoms with Gasteiger partial charge in [0.2, 0.25) is 11.8 Å². The van der Waals surface area contributed by atoms with E-state index in [-0.39, 0.29) is 17.9 Å². The Morgan fingerprint density at radius 2 is 1.92 bits per heavy atom. The average Bonchev–Trinajstić information content (AvgIpc) is 3.38. The molecule has 8 nitrogen and oxygen atoms in total. The van der Waals surface area contributed by atoms with Crippen LogP contribution >= 0.6 is 11.6 Å². The number of nitrogens with zero attached hydrogens (tertiary/aromatic N) is 5. The van der Waals surface area contributed by atoms with Gasteiger partial charge in [-0.3, -0.25) is 19.5 Å². The summed E-state index contributed by atoms with van der Waals surface area (Å²) in [5.74, 6) is -0.00378. The smallest absolute Gasteiger partial charge is 0.239 e. The van der Waals surface area contributed by atoms with Gasteiger partial charge in [0.05, 0.1) is 18.1 Å². The Labute approximate surface area is 235 Å². The van der Waals surface area contributed by atoms with Crippen LogP contribution < -0.4 is 5.32 Å². The molecule has 5 rings (SSSR count). The van der Waals surface area contributed by atoms with E-state index in [9.17, 15) is 9.59 Å². The molecule has 0 spiro atoms. The highest BCUT2D eigenvalue weighted by molar-refractivity contribution is 6.30. The third kappa shape index (κ3) is 6.02. The van der Waals surface area contributed by atoms with Crippen LogP contribution in [0.5, 0.6) is 0 Å². The van der Waals surface area contributed by atoms with Gasteiger partial charge >= 0.3 is 0 Å². The van der Waals surface area contributed by atoms with E-state index in [4.69, 9.17) is 16.6 Å². The van der Waals surface area contributed by atoms with Gasteiger partial charge in [-0.2, -0.15) is 0 Å². The minimum atomic E-state index is -0.520. The molecule has 2 aliphatic rings. The number of imidazole rings is 1. The van der Waals surface area contributed by atoms with Gasteiger partial charge in [0, 0.05) is 61.8 Å². The number of amides is 2. The van der Waals surface area contributed by atoms with Gasteiger partial charge in [0.15, 0.2) is 0 Å². The van der Waals surface area contributed by atoms with E-state index >= 15 is 0 Å². The first-order valence-electron chi connectivity index (χ1n) is 13.7. The lowest BCUT2D eigenvalue weighted by Crippen LogP contribution is -2.62. The number of rotatable bonds is 6. The molecule has 2 amide bonds. The summed E-state index contributed by atoms with van der Waals surface area (Å²) in [6, 6.07) is 9.44. The molecule has 3 aromatic rings. The van der Waals surface area contributed by atoms with Crippen molar-refractivity contribution >= 4 is 23.4 Å². The number of aromatic nitrogens is 3. The predicted octanol–water partition coefficient (Wildman–Crippen LogP) is 3.88. The van der Waals surface area contributed by atoms with Gasteiger partial charge in [0.25, 0.3) is 0 Å². The average molecular weight is 549 g/mol. The molecular formula is C30H37ClN6O2. The molecule has 1 fully saturated rings. The number of carbonyl (C=O) groups excluding carboxylic acids is 2. The second kappa shape index (κ2) is 11.5. The Hall–Kier alpha value is -3.23. The first-order valence-corrected chi connectivity index (χ1v) is 14.1. The van der Waals surface area contributed by atoms with E-state index in [0.29, 0.717) is 31.2 Å². The zero-order valence-electron chi connectivity index (χ0n) is 22.9. The molecular weight excluding hydrogens is 512 g/mol. The van der Waals surface area contributed by atoms with Gasteiger partial charge in [-0.1, -0.05) is 44.5 Å². The summed E-state index contributed by atoms with van der Waals surface area (Å²) in [7, 11) is 0. The lowest BCUT2D eigenvalue weighted by atomic mass is 9.91. The second-order valence-corrected chi connectivity index (χ2v) is 11.9. The number of benzene rings is 1. The van der Waals surface area contributed by atoms with Crippen LogP contribution in [0.15, 0.2) is 55.2 Å². The minimum absolute atomic E-state index is 0.0617. The predicted molar refractivity (Wildman–Crippen MR) is 151 cm³/mol. The van der Waals surface area contributed by atoms with Gasteiger partial charge in [0.1, 0.15) is 6.04 Å². The molecule has 1 aliphatic heterocycles. The summed E-state index contributed by atoms with van der Waals surface area (Å²) in [6.45, 7) is 8.57. The molecule has 2 aromatic heterocycles. The van der Waals surface area contributed by atoms with Crippen molar-refractivity contribution in [2.24, 2.45) is 5.41 Å². The Kier molecular flexibility index (Phi) is 8.05. The largest absolute Gasteiger partial charge is 0.355 e. The molecule has 0 bridgehead atoms. The monoisotopic (exact) mass is 548 g/mol. The zero-order chi connectivity index (χ0) is 27.6. The molecule has 2 atom stereocenters. The van der Waals surface area contributed by atoms with Crippen molar-refractivity contribution in [2.75, 3.05) is 26.2 Å². The van der Waals surface area contributed by atoms with E-state index in [2.05, 4.69) is 27.3 Å². The van der Waals surface area contributed by atoms with Crippen molar-refractivity contribution in [1.82, 2.24) is 29.7 Å². The lowest BCUT2D eigenvalue weighted by molar-refractivity contribution is -0.145. The van der Waals surface area contributed by atoms with Crippen LogP contribution in [0.3, 0.4) is 0 Å². The highest BCUT2D eigenvalue weighted by Gasteiger charge is 2.42. The fourth-order valence-electron chi connectivity index (χ4n) is 5.73. The molecule has 0 saturated carbocycles. The lowest BCUT2D eigenvalue weighted by Gasteiger charge is -2.45. The van der Waals surface area contributed by atoms with E-state index in [1.807, 2.05) is 60.8 Å². The molecule has 1 aromatic carbocycles. The van der Waals surface area contributed by atoms with Crippen molar-refractivity contribution < 1.29 is 9.59 Å². The van der Waals surface area contributed by atoms with Crippen LogP contribution in [0.1, 0.15) is 55.6 Å². The van der Waals surface area contributed by atoms with Gasteiger partial charge in [-0.25, -0.2) is 4.98 Å². The second-order valence-electron chi connectivity index (χ2n) is 11.5. The number of hydrogen-bond donors (Lipinski definition) is 1. The molecule has 1 saturated heterocycles. The first kappa shape index (κ1) is 27.3. The third-order valence-electron chi connectivity index (χ3n) is 7.68. The first-order chi connectivity index (χ1) is 18.7. The number of aryl methyl sites for hydroxylation is 3. The maximum Gasteiger partial charge on any atom is 0.239 e. The number of pyridine rings is 1. The van der Waals surface area contributed by atoms with Crippen LogP contribution in [0.25, 0.3) is 0 Å². The highest BCUT2D eigenvalue weighted by atomic mass is 35.5. The summed E-state index contributed by atoms with van der Waals surface area (Å²) in [6.07, 6.45) is 9.79. The van der Waals surface area contributed by atoms with Crippen LogP contribution in [0, 0.1) is 5.41 Å². The summed E-state index contributed by atoms with van der Waals surface area (Å²) < 4.78 is 2.00. The molecule has 1 N–H and O–H groups in total. The maximum atomic E-state index is 13.8. The maximum absolute atomic E-state index is 13.8. The molecule has 0 radical (unpaired) electrons. The highest BCUT2D eigenvalue weighted by Crippen LogP contribution is 2.39. The van der Waals surface area contributed by atoms with Crippen molar-refractivity contribution in [2.45, 2.75) is 58.7 Å². The Morgan fingerprint density at radius 3 is 2.69 bits per heavy atom. The van der Waals surface area contributed by atoms with Crippen LogP contribution in [0.2, 0.25) is 5.02 Å². The number of fused-ring (bicyclic) bond motifs is 2. The zero-order valence-corrected chi connectivity index (χ0v) is 23.7. The van der Waals surface area contributed by atoms with Gasteiger partial charge < -0.3 is 14.8 Å². The standard InChI is InChI=1S/C30H37ClN6O2/c1-30(2,3)29(39)36-16-17-37(25(19-36)28(38)34-12-5-14-35-15-13-32-20-35)27-24-10-9-23(31)18-22(24)8-7-21-6-4-11-33-26(21)27/h4,6,9-11,13,15,18,20,25,27H,5,7-8,12,14,16-17,19H2,1-3H3,(H,34,38)/t25-,27?/m1/s1. The third-order valence-corrected chi connectivity index (χ3v) is 7.92. The normalized spacial score (nSPS) is 19.6. The van der Waals surface area contributed by atoms with E-state index < -0.39 is 11.5 Å². The van der Waals surface area contributed by atoms with Crippen LogP contribution in [0.4, 0.5) is 0 Å². The number of piperazine rings is 1. The fraction of sp³-hybridized carbons (Fsp3) is 0.467. The fourth-order valence-corrected chi connectivity index (χ4v) is 5.92. The summed E-state index contributed by atoms with van der Waals surface area (Å²) in [5.41, 5.74) is 3.95. The Bertz CT molecular complexity index is 1320. The van der Waals surface area contributed by atoms with Crippen molar-refractivity contribution in [3.63, 3.8) is 0 Å². The van der Waals surface area contributed by atoms with Gasteiger partial charge in [-0.15, -0.1) is 0 Å². The van der Waals surface area contributed by atoms with E-state index in [1.165, 1.54) is 11.1 Å². The van der Waals surface area contributed by atoms with E-state index in [0.717, 1.165) is 37.1 Å². The van der Waals surface area contributed by atoms with Crippen molar-refractivity contribution in [3.05, 3.63) is 82.7 Å². The molecule has 3 heterocycles. The molecule has 206 valence electrons. The number of nitrogens with one attached hydrogen (secondary N) is 1. The van der Waals surface area contributed by atoms with E-state index in [1.54, 1.807) is 12.5 Å². The van der Waals surface area contributed by atoms with Crippen molar-refractivity contribution in [3.8, 4) is 0 Å². The number of hydrogen-bond acceptors (Lipinski definition) is 5. The Balaban J connectivity index is 1.46. The molecule has 9 heteroatoms. The van der Waals surface area contributed by atoms with Crippen LogP contribution in [-0.4, -0.2) is 68.4 Å². The van der Waals surface area contributed by atoms with Crippen LogP contribution in [-0.2, 0) is 29.0 Å².